The molecular formula is C19H19NO5S. The number of hydrogen-bond donors (Lipinski definition) is 0. The van der Waals surface area contributed by atoms with Crippen LogP contribution < -0.4 is 10.5 Å². The van der Waals surface area contributed by atoms with Gasteiger partial charge in [-0.3, -0.25) is 0 Å². The highest BCUT2D eigenvalue weighted by atomic mass is 32.2. The summed E-state index contributed by atoms with van der Waals surface area (Å²) in [5, 5.41) is 0. The second-order valence-electron chi connectivity index (χ2n) is 6.01. The van der Waals surface area contributed by atoms with E-state index < -0.39 is 21.7 Å². The molecule has 0 saturated heterocycles. The maximum Gasteiger partial charge on any atom is 0.433 e. The number of benzene rings is 2. The number of aryl methyl sites for hydroxylation is 1. The molecule has 3 rings (SSSR count). The van der Waals surface area contributed by atoms with Gasteiger partial charge < -0.3 is 9.15 Å². The molecule has 0 fully saturated rings. The summed E-state index contributed by atoms with van der Waals surface area (Å²) in [5.74, 6) is -0.680. The second kappa shape index (κ2) is 6.84. The first-order chi connectivity index (χ1) is 12.3. The van der Waals surface area contributed by atoms with E-state index in [9.17, 15) is 13.2 Å². The fourth-order valence-electron chi connectivity index (χ4n) is 2.72. The molecule has 0 aliphatic carbocycles. The molecule has 0 aliphatic heterocycles. The van der Waals surface area contributed by atoms with Crippen LogP contribution in [0.2, 0.25) is 0 Å². The normalized spacial score (nSPS) is 12.7. The number of aromatic nitrogens is 1. The SMILES string of the molecule is COc1cccc(C(C)c2coc(=O)n2S(=O)(=O)c2ccc(C)cc2)c1. The number of nitrogens with zero attached hydrogens (tertiary/aromatic N) is 1. The Bertz CT molecular complexity index is 1080. The highest BCUT2D eigenvalue weighted by Crippen LogP contribution is 2.28. The van der Waals surface area contributed by atoms with Crippen molar-refractivity contribution in [2.75, 3.05) is 7.11 Å². The maximum absolute atomic E-state index is 13.0. The lowest BCUT2D eigenvalue weighted by molar-refractivity contribution is 0.414. The Labute approximate surface area is 151 Å². The minimum absolute atomic E-state index is 0.0330. The number of rotatable bonds is 5. The molecule has 7 heteroatoms. The van der Waals surface area contributed by atoms with Gasteiger partial charge in [0.2, 0.25) is 0 Å². The van der Waals surface area contributed by atoms with Gasteiger partial charge in [0.1, 0.15) is 12.0 Å². The van der Waals surface area contributed by atoms with Gasteiger partial charge in [0.15, 0.2) is 0 Å². The lowest BCUT2D eigenvalue weighted by atomic mass is 9.98. The highest BCUT2D eigenvalue weighted by Gasteiger charge is 2.27. The predicted octanol–water partition coefficient (Wildman–Crippen LogP) is 3.15. The van der Waals surface area contributed by atoms with Crippen LogP contribution in [-0.2, 0) is 10.0 Å². The monoisotopic (exact) mass is 373 g/mol. The molecule has 2 aromatic carbocycles. The molecule has 1 heterocycles. The highest BCUT2D eigenvalue weighted by molar-refractivity contribution is 7.90. The molecule has 0 aliphatic rings. The van der Waals surface area contributed by atoms with Crippen LogP contribution in [0.3, 0.4) is 0 Å². The minimum Gasteiger partial charge on any atom is -0.497 e. The summed E-state index contributed by atoms with van der Waals surface area (Å²) in [7, 11) is -2.51. The van der Waals surface area contributed by atoms with Crippen LogP contribution in [0.1, 0.15) is 29.7 Å². The van der Waals surface area contributed by atoms with Crippen molar-refractivity contribution in [3.8, 4) is 5.75 Å². The third kappa shape index (κ3) is 3.17. The Hall–Kier alpha value is -2.80. The van der Waals surface area contributed by atoms with Crippen LogP contribution in [0.25, 0.3) is 0 Å². The zero-order chi connectivity index (χ0) is 18.9. The first-order valence-corrected chi connectivity index (χ1v) is 9.45. The van der Waals surface area contributed by atoms with E-state index in [2.05, 4.69) is 0 Å². The molecule has 6 nitrogen and oxygen atoms in total. The molecule has 26 heavy (non-hydrogen) atoms. The largest absolute Gasteiger partial charge is 0.497 e. The lowest BCUT2D eigenvalue weighted by Gasteiger charge is -2.15. The van der Waals surface area contributed by atoms with Crippen molar-refractivity contribution in [1.82, 2.24) is 3.97 Å². The molecule has 0 saturated carbocycles. The maximum atomic E-state index is 13.0. The van der Waals surface area contributed by atoms with Gasteiger partial charge in [-0.1, -0.05) is 36.8 Å². The van der Waals surface area contributed by atoms with Gasteiger partial charge in [-0.15, -0.1) is 0 Å². The predicted molar refractivity (Wildman–Crippen MR) is 97.2 cm³/mol. The molecule has 0 N–H and O–H groups in total. The number of hydrogen-bond acceptors (Lipinski definition) is 5. The number of methoxy groups -OCH3 is 1. The smallest absolute Gasteiger partial charge is 0.433 e. The third-order valence-electron chi connectivity index (χ3n) is 4.28. The summed E-state index contributed by atoms with van der Waals surface area (Å²) in [5.41, 5.74) is 1.98. The Morgan fingerprint density at radius 3 is 2.46 bits per heavy atom. The summed E-state index contributed by atoms with van der Waals surface area (Å²) in [6.07, 6.45) is 1.19. The summed E-state index contributed by atoms with van der Waals surface area (Å²) < 4.78 is 36.8. The number of oxazole rings is 1. The molecule has 136 valence electrons. The Morgan fingerprint density at radius 2 is 1.81 bits per heavy atom. The van der Waals surface area contributed by atoms with Crippen molar-refractivity contribution in [1.29, 1.82) is 0 Å². The first kappa shape index (κ1) is 18.0. The second-order valence-corrected chi connectivity index (χ2v) is 7.79. The van der Waals surface area contributed by atoms with Crippen molar-refractivity contribution in [3.05, 3.63) is 82.2 Å². The summed E-state index contributed by atoms with van der Waals surface area (Å²) in [6, 6.07) is 13.6. The fraction of sp³-hybridized carbons (Fsp3) is 0.211. The topological polar surface area (TPSA) is 78.5 Å². The van der Waals surface area contributed by atoms with Gasteiger partial charge >= 0.3 is 5.76 Å². The van der Waals surface area contributed by atoms with E-state index in [0.717, 1.165) is 15.1 Å². The molecule has 0 bridgehead atoms. The Balaban J connectivity index is 2.12. The van der Waals surface area contributed by atoms with Gasteiger partial charge in [-0.05, 0) is 36.8 Å². The van der Waals surface area contributed by atoms with E-state index in [1.54, 1.807) is 38.3 Å². The van der Waals surface area contributed by atoms with Crippen LogP contribution >= 0.6 is 0 Å². The summed E-state index contributed by atoms with van der Waals surface area (Å²) in [4.78, 5) is 12.2. The summed E-state index contributed by atoms with van der Waals surface area (Å²) in [6.45, 7) is 3.66. The van der Waals surface area contributed by atoms with Crippen molar-refractivity contribution in [2.45, 2.75) is 24.7 Å². The van der Waals surface area contributed by atoms with E-state index in [1.165, 1.54) is 18.4 Å². The van der Waals surface area contributed by atoms with Gasteiger partial charge in [0.25, 0.3) is 10.0 Å². The van der Waals surface area contributed by atoms with Crippen molar-refractivity contribution >= 4 is 10.0 Å². The van der Waals surface area contributed by atoms with Crippen molar-refractivity contribution < 1.29 is 17.6 Å². The van der Waals surface area contributed by atoms with Crippen LogP contribution in [0.15, 0.2) is 68.9 Å². The number of ether oxygens (including phenoxy) is 1. The van der Waals surface area contributed by atoms with E-state index in [0.29, 0.717) is 5.75 Å². The fourth-order valence-corrected chi connectivity index (χ4v) is 4.13. The van der Waals surface area contributed by atoms with Crippen LogP contribution in [0.5, 0.6) is 5.75 Å². The average Bonchev–Trinajstić information content (AvgIpc) is 3.04. The van der Waals surface area contributed by atoms with Crippen LogP contribution in [0, 0.1) is 6.92 Å². The van der Waals surface area contributed by atoms with Crippen molar-refractivity contribution in [2.24, 2.45) is 0 Å². The van der Waals surface area contributed by atoms with E-state index in [-0.39, 0.29) is 10.6 Å². The molecule has 1 atom stereocenters. The Kier molecular flexibility index (Phi) is 4.73. The van der Waals surface area contributed by atoms with E-state index >= 15 is 0 Å². The van der Waals surface area contributed by atoms with E-state index in [4.69, 9.17) is 9.15 Å². The van der Waals surface area contributed by atoms with Gasteiger partial charge in [0.05, 0.1) is 17.7 Å². The first-order valence-electron chi connectivity index (χ1n) is 8.01. The van der Waals surface area contributed by atoms with Gasteiger partial charge in [0, 0.05) is 5.92 Å². The molecular weight excluding hydrogens is 354 g/mol. The van der Waals surface area contributed by atoms with Crippen LogP contribution in [-0.4, -0.2) is 19.5 Å². The Morgan fingerprint density at radius 1 is 1.12 bits per heavy atom. The third-order valence-corrected chi connectivity index (χ3v) is 5.99. The average molecular weight is 373 g/mol. The standard InChI is InChI=1S/C19H19NO5S/c1-13-7-9-17(10-8-13)26(22,23)20-18(12-25-19(20)21)14(2)15-5-4-6-16(11-15)24-3/h4-12,14H,1-3H3. The summed E-state index contributed by atoms with van der Waals surface area (Å²) >= 11 is 0. The molecule has 0 radical (unpaired) electrons. The molecule has 0 spiro atoms. The van der Waals surface area contributed by atoms with Crippen LogP contribution in [0.4, 0.5) is 0 Å². The zero-order valence-electron chi connectivity index (χ0n) is 14.7. The van der Waals surface area contributed by atoms with Gasteiger partial charge in [-0.2, -0.15) is 3.97 Å². The minimum atomic E-state index is -4.06. The molecule has 0 amide bonds. The zero-order valence-corrected chi connectivity index (χ0v) is 15.5. The van der Waals surface area contributed by atoms with Crippen molar-refractivity contribution in [3.63, 3.8) is 0 Å². The lowest BCUT2D eigenvalue weighted by Crippen LogP contribution is -2.26. The van der Waals surface area contributed by atoms with Gasteiger partial charge in [-0.25, -0.2) is 13.2 Å². The van der Waals surface area contributed by atoms with E-state index in [1.807, 2.05) is 19.1 Å². The molecule has 3 aromatic rings. The molecule has 1 aromatic heterocycles. The molecule has 1 unspecified atom stereocenters. The quantitative estimate of drug-likeness (QED) is 0.686.